The molecular formula is C13H20N2O2S2. The summed E-state index contributed by atoms with van der Waals surface area (Å²) in [5, 5.41) is 5.79. The fraction of sp³-hybridized carbons (Fsp3) is 0.538. The number of benzene rings is 1. The van der Waals surface area contributed by atoms with Crippen LogP contribution in [0.25, 0.3) is 0 Å². The first kappa shape index (κ1) is 14.7. The first-order valence-corrected chi connectivity index (χ1v) is 8.90. The molecule has 6 heteroatoms. The minimum absolute atomic E-state index is 0.144. The average molecular weight is 300 g/mol. The molecule has 0 radical (unpaired) electrons. The molecule has 0 aromatic heterocycles. The topological polar surface area (TPSA) is 86.2 Å². The van der Waals surface area contributed by atoms with E-state index in [1.54, 1.807) is 18.7 Å². The van der Waals surface area contributed by atoms with Gasteiger partial charge in [-0.3, -0.25) is 0 Å². The SMILES string of the molecule is Cc1c(SC2CCCCC2)cc(N)cc1S(N)(=O)=O. The summed E-state index contributed by atoms with van der Waals surface area (Å²) in [5.41, 5.74) is 6.96. The van der Waals surface area contributed by atoms with Crippen molar-refractivity contribution in [1.29, 1.82) is 0 Å². The quantitative estimate of drug-likeness (QED) is 0.840. The maximum Gasteiger partial charge on any atom is 0.238 e. The first-order chi connectivity index (χ1) is 8.88. The molecular weight excluding hydrogens is 280 g/mol. The number of rotatable bonds is 3. The van der Waals surface area contributed by atoms with Gasteiger partial charge in [0.05, 0.1) is 4.90 Å². The van der Waals surface area contributed by atoms with Crippen molar-refractivity contribution in [3.05, 3.63) is 17.7 Å². The maximum atomic E-state index is 11.6. The zero-order valence-electron chi connectivity index (χ0n) is 11.1. The van der Waals surface area contributed by atoms with Gasteiger partial charge in [-0.25, -0.2) is 13.6 Å². The molecule has 1 aliphatic carbocycles. The maximum absolute atomic E-state index is 11.6. The Bertz CT molecular complexity index is 564. The lowest BCUT2D eigenvalue weighted by molar-refractivity contribution is 0.516. The molecule has 19 heavy (non-hydrogen) atoms. The number of hydrogen-bond acceptors (Lipinski definition) is 4. The van der Waals surface area contributed by atoms with Gasteiger partial charge >= 0.3 is 0 Å². The number of hydrogen-bond donors (Lipinski definition) is 2. The Kier molecular flexibility index (Phi) is 4.43. The second kappa shape index (κ2) is 5.73. The van der Waals surface area contributed by atoms with E-state index in [2.05, 4.69) is 0 Å². The molecule has 0 spiro atoms. The van der Waals surface area contributed by atoms with Crippen LogP contribution in [0, 0.1) is 6.92 Å². The molecule has 1 aliphatic rings. The van der Waals surface area contributed by atoms with Crippen LogP contribution in [0.3, 0.4) is 0 Å². The highest BCUT2D eigenvalue weighted by atomic mass is 32.2. The van der Waals surface area contributed by atoms with Gasteiger partial charge in [-0.1, -0.05) is 19.3 Å². The molecule has 1 saturated carbocycles. The Morgan fingerprint density at radius 2 is 1.84 bits per heavy atom. The van der Waals surface area contributed by atoms with Gasteiger partial charge in [0.2, 0.25) is 10.0 Å². The van der Waals surface area contributed by atoms with Crippen molar-refractivity contribution in [3.63, 3.8) is 0 Å². The summed E-state index contributed by atoms with van der Waals surface area (Å²) in [4.78, 5) is 1.08. The Balaban J connectivity index is 2.32. The van der Waals surface area contributed by atoms with E-state index < -0.39 is 10.0 Å². The lowest BCUT2D eigenvalue weighted by Gasteiger charge is -2.22. The van der Waals surface area contributed by atoms with Crippen LogP contribution in [0.1, 0.15) is 37.7 Å². The minimum atomic E-state index is -3.71. The number of primary sulfonamides is 1. The van der Waals surface area contributed by atoms with E-state index in [9.17, 15) is 8.42 Å². The molecule has 0 unspecified atom stereocenters. The third-order valence-electron chi connectivity index (χ3n) is 3.49. The summed E-state index contributed by atoms with van der Waals surface area (Å²) in [5.74, 6) is 0. The summed E-state index contributed by atoms with van der Waals surface area (Å²) < 4.78 is 23.1. The molecule has 0 aliphatic heterocycles. The van der Waals surface area contributed by atoms with Crippen LogP contribution in [0.5, 0.6) is 0 Å². The van der Waals surface area contributed by atoms with Crippen molar-refractivity contribution in [2.45, 2.75) is 54.1 Å². The molecule has 2 rings (SSSR count). The molecule has 0 amide bonds. The third-order valence-corrected chi connectivity index (χ3v) is 6.01. The van der Waals surface area contributed by atoms with E-state index in [1.165, 1.54) is 38.2 Å². The predicted octanol–water partition coefficient (Wildman–Crippen LogP) is 2.65. The molecule has 4 nitrogen and oxygen atoms in total. The minimum Gasteiger partial charge on any atom is -0.399 e. The molecule has 0 bridgehead atoms. The Hall–Kier alpha value is -0.720. The van der Waals surface area contributed by atoms with E-state index in [1.807, 2.05) is 6.07 Å². The highest BCUT2D eigenvalue weighted by Crippen LogP contribution is 2.37. The van der Waals surface area contributed by atoms with Crippen molar-refractivity contribution in [2.24, 2.45) is 5.14 Å². The monoisotopic (exact) mass is 300 g/mol. The van der Waals surface area contributed by atoms with Crippen LogP contribution >= 0.6 is 11.8 Å². The first-order valence-electron chi connectivity index (χ1n) is 6.47. The highest BCUT2D eigenvalue weighted by Gasteiger charge is 2.20. The van der Waals surface area contributed by atoms with Crippen LogP contribution in [-0.2, 0) is 10.0 Å². The van der Waals surface area contributed by atoms with E-state index in [0.29, 0.717) is 16.5 Å². The second-order valence-electron chi connectivity index (χ2n) is 5.07. The summed E-state index contributed by atoms with van der Waals surface area (Å²) in [6.45, 7) is 1.80. The van der Waals surface area contributed by atoms with Crippen molar-refractivity contribution in [2.75, 3.05) is 5.73 Å². The second-order valence-corrected chi connectivity index (χ2v) is 7.94. The molecule has 0 heterocycles. The lowest BCUT2D eigenvalue weighted by Crippen LogP contribution is -2.15. The molecule has 0 atom stereocenters. The van der Waals surface area contributed by atoms with Gasteiger partial charge < -0.3 is 5.73 Å². The molecule has 106 valence electrons. The van der Waals surface area contributed by atoms with Gasteiger partial charge in [-0.2, -0.15) is 0 Å². The van der Waals surface area contributed by atoms with Gasteiger partial charge in [-0.05, 0) is 37.5 Å². The zero-order chi connectivity index (χ0) is 14.0. The van der Waals surface area contributed by atoms with Crippen LogP contribution in [-0.4, -0.2) is 13.7 Å². The standard InChI is InChI=1S/C13H20N2O2S2/c1-9-12(18-11-5-3-2-4-6-11)7-10(14)8-13(9)19(15,16)17/h7-8,11H,2-6,14H2,1H3,(H2,15,16,17). The third kappa shape index (κ3) is 3.64. The van der Waals surface area contributed by atoms with Crippen molar-refractivity contribution in [1.82, 2.24) is 0 Å². The molecule has 4 N–H and O–H groups in total. The van der Waals surface area contributed by atoms with E-state index in [0.717, 1.165) is 4.90 Å². The van der Waals surface area contributed by atoms with E-state index >= 15 is 0 Å². The summed E-state index contributed by atoms with van der Waals surface area (Å²) in [7, 11) is -3.71. The Labute approximate surface area is 119 Å². The van der Waals surface area contributed by atoms with Gasteiger partial charge in [0.15, 0.2) is 0 Å². The normalized spacial score (nSPS) is 17.6. The Morgan fingerprint density at radius 3 is 2.42 bits per heavy atom. The van der Waals surface area contributed by atoms with Crippen molar-refractivity contribution in [3.8, 4) is 0 Å². The van der Waals surface area contributed by atoms with Gasteiger partial charge in [0.1, 0.15) is 0 Å². The predicted molar refractivity (Wildman–Crippen MR) is 79.7 cm³/mol. The number of nitrogen functional groups attached to an aromatic ring is 1. The Morgan fingerprint density at radius 1 is 1.21 bits per heavy atom. The van der Waals surface area contributed by atoms with Crippen LogP contribution < -0.4 is 10.9 Å². The van der Waals surface area contributed by atoms with Gasteiger partial charge in [-0.15, -0.1) is 11.8 Å². The summed E-state index contributed by atoms with van der Waals surface area (Å²) in [6, 6.07) is 3.29. The van der Waals surface area contributed by atoms with Crippen LogP contribution in [0.15, 0.2) is 21.9 Å². The fourth-order valence-corrected chi connectivity index (χ4v) is 4.78. The molecule has 0 saturated heterocycles. The molecule has 1 aromatic rings. The number of thioether (sulfide) groups is 1. The van der Waals surface area contributed by atoms with Crippen LogP contribution in [0.4, 0.5) is 5.69 Å². The van der Waals surface area contributed by atoms with E-state index in [-0.39, 0.29) is 4.90 Å². The molecule has 1 fully saturated rings. The number of nitrogens with two attached hydrogens (primary N) is 2. The average Bonchev–Trinajstić information content (AvgIpc) is 2.33. The van der Waals surface area contributed by atoms with E-state index in [4.69, 9.17) is 10.9 Å². The smallest absolute Gasteiger partial charge is 0.238 e. The fourth-order valence-electron chi connectivity index (χ4n) is 2.46. The van der Waals surface area contributed by atoms with Gasteiger partial charge in [0, 0.05) is 15.8 Å². The van der Waals surface area contributed by atoms with Crippen molar-refractivity contribution < 1.29 is 8.42 Å². The largest absolute Gasteiger partial charge is 0.399 e. The van der Waals surface area contributed by atoms with Crippen LogP contribution in [0.2, 0.25) is 0 Å². The number of anilines is 1. The summed E-state index contributed by atoms with van der Waals surface area (Å²) in [6.07, 6.45) is 6.17. The molecule has 1 aromatic carbocycles. The zero-order valence-corrected chi connectivity index (χ0v) is 12.7. The lowest BCUT2D eigenvalue weighted by atomic mass is 10.0. The summed E-state index contributed by atoms with van der Waals surface area (Å²) >= 11 is 1.74. The van der Waals surface area contributed by atoms with Crippen molar-refractivity contribution >= 4 is 27.5 Å². The highest BCUT2D eigenvalue weighted by molar-refractivity contribution is 8.00. The number of sulfonamides is 1. The van der Waals surface area contributed by atoms with Gasteiger partial charge in [0.25, 0.3) is 0 Å².